The van der Waals surface area contributed by atoms with Crippen LogP contribution in [0.2, 0.25) is 0 Å². The second kappa shape index (κ2) is 4.89. The van der Waals surface area contributed by atoms with Gasteiger partial charge in [0.1, 0.15) is 5.76 Å². The second-order valence-corrected chi connectivity index (χ2v) is 6.04. The highest BCUT2D eigenvalue weighted by Gasteiger charge is 2.46. The summed E-state index contributed by atoms with van der Waals surface area (Å²) in [6.45, 7) is 0. The molecule has 0 saturated heterocycles. The van der Waals surface area contributed by atoms with Crippen molar-refractivity contribution in [3.05, 3.63) is 47.2 Å². The van der Waals surface area contributed by atoms with Gasteiger partial charge in [-0.3, -0.25) is 9.59 Å². The quantitative estimate of drug-likeness (QED) is 0.510. The zero-order chi connectivity index (χ0) is 14.2. The van der Waals surface area contributed by atoms with E-state index in [1.54, 1.807) is 0 Å². The summed E-state index contributed by atoms with van der Waals surface area (Å²) in [4.78, 5) is 24.4. The highest BCUT2D eigenvalue weighted by Crippen LogP contribution is 2.50. The Hall–Kier alpha value is -1.90. The molecule has 2 aliphatic carbocycles. The van der Waals surface area contributed by atoms with Crippen LogP contribution in [-0.2, 0) is 16.0 Å². The zero-order valence-corrected chi connectivity index (χ0v) is 11.4. The number of carbonyl (C=O) groups excluding carboxylic acids is 2. The Morgan fingerprint density at radius 1 is 1.05 bits per heavy atom. The number of aliphatic hydroxyl groups is 1. The third-order valence-electron chi connectivity index (χ3n) is 4.55. The van der Waals surface area contributed by atoms with Crippen LogP contribution in [0.5, 0.6) is 0 Å². The summed E-state index contributed by atoms with van der Waals surface area (Å²) < 4.78 is 0. The predicted octanol–water partition coefficient (Wildman–Crippen LogP) is 3.14. The molecular formula is C17H18O3. The van der Waals surface area contributed by atoms with E-state index >= 15 is 0 Å². The Bertz CT molecular complexity index is 558. The van der Waals surface area contributed by atoms with Crippen molar-refractivity contribution in [2.45, 2.75) is 38.5 Å². The Morgan fingerprint density at radius 3 is 2.15 bits per heavy atom. The summed E-state index contributed by atoms with van der Waals surface area (Å²) in [5, 5.41) is 10.2. The van der Waals surface area contributed by atoms with Crippen LogP contribution in [0.15, 0.2) is 41.7 Å². The maximum absolute atomic E-state index is 12.2. The topological polar surface area (TPSA) is 54.4 Å². The minimum absolute atomic E-state index is 0.0476. The molecule has 0 radical (unpaired) electrons. The standard InChI is InChI=1S/C17H18O3/c18-13(9-12-5-2-1-3-6-12)16-14(19)10-17(7-4-8-17)11-15(16)20/h1-3,5-6,18H,4,7-11H2. The Kier molecular flexibility index (Phi) is 3.20. The van der Waals surface area contributed by atoms with Gasteiger partial charge in [0, 0.05) is 19.3 Å². The average Bonchev–Trinajstić information content (AvgIpc) is 2.37. The fraction of sp³-hybridized carbons (Fsp3) is 0.412. The van der Waals surface area contributed by atoms with Gasteiger partial charge in [-0.2, -0.15) is 0 Å². The third-order valence-corrected chi connectivity index (χ3v) is 4.55. The summed E-state index contributed by atoms with van der Waals surface area (Å²) in [6.07, 6.45) is 4.14. The molecule has 0 atom stereocenters. The first-order valence-corrected chi connectivity index (χ1v) is 7.12. The van der Waals surface area contributed by atoms with Gasteiger partial charge in [-0.25, -0.2) is 0 Å². The molecule has 3 heteroatoms. The molecule has 3 rings (SSSR count). The minimum Gasteiger partial charge on any atom is -0.511 e. The van der Waals surface area contributed by atoms with Gasteiger partial charge in [0.2, 0.25) is 0 Å². The number of Topliss-reactive ketones (excluding diaryl/α,β-unsaturated/α-hetero) is 2. The summed E-state index contributed by atoms with van der Waals surface area (Å²) in [5.74, 6) is -0.413. The number of hydrogen-bond donors (Lipinski definition) is 1. The van der Waals surface area contributed by atoms with Gasteiger partial charge in [-0.05, 0) is 23.8 Å². The average molecular weight is 270 g/mol. The first kappa shape index (κ1) is 13.1. The van der Waals surface area contributed by atoms with Gasteiger partial charge in [-0.1, -0.05) is 36.8 Å². The zero-order valence-electron chi connectivity index (χ0n) is 11.4. The molecule has 0 heterocycles. The number of rotatable bonds is 2. The Balaban J connectivity index is 1.83. The van der Waals surface area contributed by atoms with E-state index in [4.69, 9.17) is 0 Å². The number of allylic oxidation sites excluding steroid dienone is 2. The van der Waals surface area contributed by atoms with Crippen LogP contribution in [0, 0.1) is 5.41 Å². The van der Waals surface area contributed by atoms with Gasteiger partial charge >= 0.3 is 0 Å². The monoisotopic (exact) mass is 270 g/mol. The van der Waals surface area contributed by atoms with E-state index < -0.39 is 0 Å². The van der Waals surface area contributed by atoms with Crippen molar-refractivity contribution in [2.75, 3.05) is 0 Å². The van der Waals surface area contributed by atoms with E-state index in [0.717, 1.165) is 24.8 Å². The van der Waals surface area contributed by atoms with E-state index in [-0.39, 0.29) is 34.7 Å². The number of benzene rings is 1. The molecule has 0 aromatic heterocycles. The largest absolute Gasteiger partial charge is 0.511 e. The Morgan fingerprint density at radius 2 is 1.65 bits per heavy atom. The smallest absolute Gasteiger partial charge is 0.170 e. The summed E-state index contributed by atoms with van der Waals surface area (Å²) >= 11 is 0. The van der Waals surface area contributed by atoms with Crippen molar-refractivity contribution in [3.63, 3.8) is 0 Å². The fourth-order valence-electron chi connectivity index (χ4n) is 3.31. The first-order valence-electron chi connectivity index (χ1n) is 7.12. The first-order chi connectivity index (χ1) is 9.60. The van der Waals surface area contributed by atoms with Crippen molar-refractivity contribution >= 4 is 11.6 Å². The molecule has 1 spiro atoms. The number of aliphatic hydroxyl groups excluding tert-OH is 1. The van der Waals surface area contributed by atoms with Gasteiger partial charge in [0.25, 0.3) is 0 Å². The summed E-state index contributed by atoms with van der Waals surface area (Å²) in [7, 11) is 0. The molecule has 2 fully saturated rings. The molecule has 0 aliphatic heterocycles. The maximum Gasteiger partial charge on any atom is 0.170 e. The molecule has 3 nitrogen and oxygen atoms in total. The Labute approximate surface area is 118 Å². The van der Waals surface area contributed by atoms with E-state index in [1.807, 2.05) is 30.3 Å². The van der Waals surface area contributed by atoms with E-state index in [0.29, 0.717) is 12.8 Å². The van der Waals surface area contributed by atoms with E-state index in [9.17, 15) is 14.7 Å². The van der Waals surface area contributed by atoms with Crippen LogP contribution in [0.25, 0.3) is 0 Å². The molecule has 0 bridgehead atoms. The van der Waals surface area contributed by atoms with Crippen LogP contribution in [0.4, 0.5) is 0 Å². The maximum atomic E-state index is 12.2. The second-order valence-electron chi connectivity index (χ2n) is 6.04. The minimum atomic E-state index is -0.172. The van der Waals surface area contributed by atoms with Crippen molar-refractivity contribution in [2.24, 2.45) is 5.41 Å². The van der Waals surface area contributed by atoms with E-state index in [1.165, 1.54) is 0 Å². The molecule has 0 unspecified atom stereocenters. The highest BCUT2D eigenvalue weighted by atomic mass is 16.3. The van der Waals surface area contributed by atoms with Crippen LogP contribution >= 0.6 is 0 Å². The van der Waals surface area contributed by atoms with Crippen LogP contribution < -0.4 is 0 Å². The van der Waals surface area contributed by atoms with Crippen molar-refractivity contribution < 1.29 is 14.7 Å². The van der Waals surface area contributed by atoms with Gasteiger partial charge in [0.15, 0.2) is 11.6 Å². The lowest BCUT2D eigenvalue weighted by Gasteiger charge is -2.43. The van der Waals surface area contributed by atoms with Gasteiger partial charge < -0.3 is 5.11 Å². The van der Waals surface area contributed by atoms with Crippen molar-refractivity contribution in [1.29, 1.82) is 0 Å². The lowest BCUT2D eigenvalue weighted by molar-refractivity contribution is -0.131. The lowest BCUT2D eigenvalue weighted by atomic mass is 9.59. The fourth-order valence-corrected chi connectivity index (χ4v) is 3.31. The molecule has 0 amide bonds. The summed E-state index contributed by atoms with van der Waals surface area (Å²) in [5.41, 5.74) is 0.874. The highest BCUT2D eigenvalue weighted by molar-refractivity contribution is 6.22. The predicted molar refractivity (Wildman–Crippen MR) is 75.3 cm³/mol. The molecule has 1 aromatic carbocycles. The molecular weight excluding hydrogens is 252 g/mol. The molecule has 2 aliphatic rings. The lowest BCUT2D eigenvalue weighted by Crippen LogP contribution is -2.41. The molecule has 2 saturated carbocycles. The number of hydrogen-bond acceptors (Lipinski definition) is 3. The van der Waals surface area contributed by atoms with Crippen LogP contribution in [-0.4, -0.2) is 16.7 Å². The van der Waals surface area contributed by atoms with Gasteiger partial charge in [-0.15, -0.1) is 0 Å². The van der Waals surface area contributed by atoms with Crippen LogP contribution in [0.3, 0.4) is 0 Å². The molecule has 104 valence electrons. The summed E-state index contributed by atoms with van der Waals surface area (Å²) in [6, 6.07) is 9.40. The van der Waals surface area contributed by atoms with Crippen LogP contribution in [0.1, 0.15) is 37.7 Å². The van der Waals surface area contributed by atoms with Gasteiger partial charge in [0.05, 0.1) is 5.57 Å². The number of carbonyl (C=O) groups is 2. The van der Waals surface area contributed by atoms with Crippen molar-refractivity contribution in [3.8, 4) is 0 Å². The normalized spacial score (nSPS) is 20.9. The molecule has 20 heavy (non-hydrogen) atoms. The van der Waals surface area contributed by atoms with Crippen molar-refractivity contribution in [1.82, 2.24) is 0 Å². The number of ketones is 2. The third kappa shape index (κ3) is 2.28. The SMILES string of the molecule is O=C1CC2(CCC2)CC(=O)C1=C(O)Cc1ccccc1. The van der Waals surface area contributed by atoms with E-state index in [2.05, 4.69) is 0 Å². The molecule has 1 N–H and O–H groups in total. The molecule has 1 aromatic rings.